The highest BCUT2D eigenvalue weighted by atomic mass is 79.9. The standard InChI is InChI=1S/C19H20BrNO5/c1-23-10-5-14-19(17(6-10)26-4)12(8-18(22)21-14)11-7-15(24-2)16(25-3)9-13(11)20/h5-7,9,12H,8H2,1-4H3,(H,21,22). The van der Waals surface area contributed by atoms with E-state index in [1.807, 2.05) is 18.2 Å². The molecule has 0 fully saturated rings. The summed E-state index contributed by atoms with van der Waals surface area (Å²) < 4.78 is 22.5. The van der Waals surface area contributed by atoms with Crippen molar-refractivity contribution in [1.29, 1.82) is 0 Å². The second kappa shape index (κ2) is 7.45. The smallest absolute Gasteiger partial charge is 0.225 e. The molecule has 7 heteroatoms. The molecule has 138 valence electrons. The third-order valence-electron chi connectivity index (χ3n) is 4.46. The number of fused-ring (bicyclic) bond motifs is 1. The zero-order valence-electron chi connectivity index (χ0n) is 15.0. The van der Waals surface area contributed by atoms with Crippen molar-refractivity contribution in [1.82, 2.24) is 0 Å². The van der Waals surface area contributed by atoms with Crippen molar-refractivity contribution in [2.75, 3.05) is 33.8 Å². The van der Waals surface area contributed by atoms with Crippen LogP contribution in [0.3, 0.4) is 0 Å². The molecule has 0 aromatic heterocycles. The first-order chi connectivity index (χ1) is 12.5. The highest BCUT2D eigenvalue weighted by molar-refractivity contribution is 9.10. The molecule has 2 aromatic rings. The largest absolute Gasteiger partial charge is 0.497 e. The molecule has 0 saturated carbocycles. The van der Waals surface area contributed by atoms with Crippen LogP contribution in [0.1, 0.15) is 23.5 Å². The van der Waals surface area contributed by atoms with Crippen molar-refractivity contribution in [3.8, 4) is 23.0 Å². The first kappa shape index (κ1) is 18.4. The lowest BCUT2D eigenvalue weighted by Gasteiger charge is -2.29. The van der Waals surface area contributed by atoms with Crippen LogP contribution in [0.2, 0.25) is 0 Å². The normalized spacial score (nSPS) is 15.7. The van der Waals surface area contributed by atoms with Crippen molar-refractivity contribution >= 4 is 27.5 Å². The fraction of sp³-hybridized carbons (Fsp3) is 0.316. The maximum atomic E-state index is 12.3. The molecule has 1 aliphatic rings. The van der Waals surface area contributed by atoms with E-state index in [-0.39, 0.29) is 11.8 Å². The summed E-state index contributed by atoms with van der Waals surface area (Å²) in [6.07, 6.45) is 0.295. The van der Waals surface area contributed by atoms with Crippen LogP contribution in [0.4, 0.5) is 5.69 Å². The van der Waals surface area contributed by atoms with Crippen molar-refractivity contribution in [2.24, 2.45) is 0 Å². The molecule has 6 nitrogen and oxygen atoms in total. The lowest BCUT2D eigenvalue weighted by atomic mass is 9.84. The Bertz CT molecular complexity index is 852. The predicted octanol–water partition coefficient (Wildman–Crippen LogP) is 3.96. The molecular formula is C19H20BrNO5. The molecule has 3 rings (SSSR count). The van der Waals surface area contributed by atoms with Crippen LogP contribution in [-0.4, -0.2) is 34.3 Å². The van der Waals surface area contributed by atoms with E-state index < -0.39 is 0 Å². The molecule has 0 radical (unpaired) electrons. The van der Waals surface area contributed by atoms with Gasteiger partial charge in [-0.3, -0.25) is 4.79 Å². The number of nitrogens with one attached hydrogen (secondary N) is 1. The van der Waals surface area contributed by atoms with Gasteiger partial charge in [-0.1, -0.05) is 15.9 Å². The minimum absolute atomic E-state index is 0.0699. The van der Waals surface area contributed by atoms with E-state index in [0.29, 0.717) is 35.1 Å². The predicted molar refractivity (Wildman–Crippen MR) is 102 cm³/mol. The third-order valence-corrected chi connectivity index (χ3v) is 5.15. The van der Waals surface area contributed by atoms with Gasteiger partial charge in [0.1, 0.15) is 11.5 Å². The minimum atomic E-state index is -0.200. The number of hydrogen-bond acceptors (Lipinski definition) is 5. The van der Waals surface area contributed by atoms with Gasteiger partial charge in [0.25, 0.3) is 0 Å². The fourth-order valence-corrected chi connectivity index (χ4v) is 3.84. The van der Waals surface area contributed by atoms with Gasteiger partial charge < -0.3 is 24.3 Å². The van der Waals surface area contributed by atoms with Crippen molar-refractivity contribution in [3.63, 3.8) is 0 Å². The van der Waals surface area contributed by atoms with Crippen LogP contribution in [-0.2, 0) is 4.79 Å². The highest BCUT2D eigenvalue weighted by Gasteiger charge is 2.32. The van der Waals surface area contributed by atoms with Gasteiger partial charge in [0.15, 0.2) is 11.5 Å². The molecule has 0 saturated heterocycles. The molecule has 1 atom stereocenters. The van der Waals surface area contributed by atoms with Gasteiger partial charge >= 0.3 is 0 Å². The number of rotatable bonds is 5. The van der Waals surface area contributed by atoms with Gasteiger partial charge in [-0.2, -0.15) is 0 Å². The molecular weight excluding hydrogens is 402 g/mol. The number of carbonyl (C=O) groups excluding carboxylic acids is 1. The summed E-state index contributed by atoms with van der Waals surface area (Å²) in [4.78, 5) is 12.3. The number of hydrogen-bond donors (Lipinski definition) is 1. The average Bonchev–Trinajstić information content (AvgIpc) is 2.65. The van der Waals surface area contributed by atoms with E-state index in [9.17, 15) is 4.79 Å². The maximum Gasteiger partial charge on any atom is 0.225 e. The minimum Gasteiger partial charge on any atom is -0.497 e. The number of benzene rings is 2. The second-order valence-electron chi connectivity index (χ2n) is 5.82. The van der Waals surface area contributed by atoms with Gasteiger partial charge in [0.05, 0.1) is 34.1 Å². The first-order valence-electron chi connectivity index (χ1n) is 7.99. The lowest BCUT2D eigenvalue weighted by molar-refractivity contribution is -0.116. The summed E-state index contributed by atoms with van der Waals surface area (Å²) in [5.74, 6) is 2.23. The van der Waals surface area contributed by atoms with Crippen molar-refractivity contribution < 1.29 is 23.7 Å². The fourth-order valence-electron chi connectivity index (χ4n) is 3.24. The number of amides is 1. The summed E-state index contributed by atoms with van der Waals surface area (Å²) >= 11 is 3.60. The van der Waals surface area contributed by atoms with Gasteiger partial charge in [-0.25, -0.2) is 0 Å². The number of halogens is 1. The van der Waals surface area contributed by atoms with Crippen LogP contribution >= 0.6 is 15.9 Å². The zero-order valence-corrected chi connectivity index (χ0v) is 16.6. The summed E-state index contributed by atoms with van der Waals surface area (Å²) in [7, 11) is 6.35. The highest BCUT2D eigenvalue weighted by Crippen LogP contribution is 2.48. The number of anilines is 1. The van der Waals surface area contributed by atoms with Crippen LogP contribution in [0.25, 0.3) is 0 Å². The Morgan fingerprint density at radius 3 is 2.19 bits per heavy atom. The number of carbonyl (C=O) groups is 1. The molecule has 0 bridgehead atoms. The summed E-state index contributed by atoms with van der Waals surface area (Å²) in [5.41, 5.74) is 2.51. The van der Waals surface area contributed by atoms with E-state index >= 15 is 0 Å². The van der Waals surface area contributed by atoms with Crippen LogP contribution in [0.15, 0.2) is 28.7 Å². The average molecular weight is 422 g/mol. The van der Waals surface area contributed by atoms with Gasteiger partial charge in [0, 0.05) is 34.5 Å². The topological polar surface area (TPSA) is 66.0 Å². The summed E-state index contributed by atoms with van der Waals surface area (Å²) in [5, 5.41) is 2.91. The van der Waals surface area contributed by atoms with Crippen LogP contribution in [0, 0.1) is 0 Å². The Kier molecular flexibility index (Phi) is 5.27. The Balaban J connectivity index is 2.21. The summed E-state index contributed by atoms with van der Waals surface area (Å²) in [6.45, 7) is 0. The van der Waals surface area contributed by atoms with E-state index in [1.54, 1.807) is 34.5 Å². The number of methoxy groups -OCH3 is 4. The van der Waals surface area contributed by atoms with Crippen molar-refractivity contribution in [3.05, 3.63) is 39.9 Å². The van der Waals surface area contributed by atoms with Gasteiger partial charge in [-0.05, 0) is 17.7 Å². The van der Waals surface area contributed by atoms with Crippen LogP contribution < -0.4 is 24.3 Å². The van der Waals surface area contributed by atoms with E-state index in [1.165, 1.54) is 0 Å². The molecule has 1 aliphatic heterocycles. The monoisotopic (exact) mass is 421 g/mol. The molecule has 1 N–H and O–H groups in total. The Morgan fingerprint density at radius 2 is 1.58 bits per heavy atom. The Hall–Kier alpha value is -2.41. The van der Waals surface area contributed by atoms with Gasteiger partial charge in [0.2, 0.25) is 5.91 Å². The molecule has 26 heavy (non-hydrogen) atoms. The molecule has 2 aromatic carbocycles. The third kappa shape index (κ3) is 3.19. The molecule has 0 aliphatic carbocycles. The first-order valence-corrected chi connectivity index (χ1v) is 8.78. The zero-order chi connectivity index (χ0) is 18.8. The van der Waals surface area contributed by atoms with E-state index in [2.05, 4.69) is 21.2 Å². The summed E-state index contributed by atoms with van der Waals surface area (Å²) in [6, 6.07) is 7.35. The lowest BCUT2D eigenvalue weighted by Crippen LogP contribution is -2.24. The quantitative estimate of drug-likeness (QED) is 0.791. The Morgan fingerprint density at radius 1 is 0.923 bits per heavy atom. The molecule has 1 heterocycles. The molecule has 0 spiro atoms. The number of ether oxygens (including phenoxy) is 4. The van der Waals surface area contributed by atoms with E-state index in [4.69, 9.17) is 18.9 Å². The SMILES string of the molecule is COc1cc2c(c(OC)c1)C(c1cc(OC)c(OC)cc1Br)CC(=O)N2. The van der Waals surface area contributed by atoms with Crippen molar-refractivity contribution in [2.45, 2.75) is 12.3 Å². The molecule has 1 amide bonds. The van der Waals surface area contributed by atoms with Crippen LogP contribution in [0.5, 0.6) is 23.0 Å². The maximum absolute atomic E-state index is 12.3. The molecule has 1 unspecified atom stereocenters. The van der Waals surface area contributed by atoms with E-state index in [0.717, 1.165) is 15.6 Å². The second-order valence-corrected chi connectivity index (χ2v) is 6.68. The Labute approximate surface area is 160 Å². The van der Waals surface area contributed by atoms with Gasteiger partial charge in [-0.15, -0.1) is 0 Å².